The molecule has 6 heteroatoms. The van der Waals surface area contributed by atoms with Crippen LogP contribution in [0.15, 0.2) is 0 Å². The summed E-state index contributed by atoms with van der Waals surface area (Å²) in [6.07, 6.45) is 1.20. The number of carboxylic acid groups (broad SMARTS) is 1. The molecule has 1 aliphatic heterocycles. The highest BCUT2D eigenvalue weighted by molar-refractivity contribution is 8.00. The number of carbonyl (C=O) groups is 2. The Bertz CT molecular complexity index is 320. The van der Waals surface area contributed by atoms with Crippen LogP contribution in [0, 0.1) is 0 Å². The van der Waals surface area contributed by atoms with E-state index >= 15 is 0 Å². The van der Waals surface area contributed by atoms with Gasteiger partial charge in [-0.05, 0) is 20.3 Å². The van der Waals surface area contributed by atoms with E-state index in [4.69, 9.17) is 5.11 Å². The Labute approximate surface area is 112 Å². The molecule has 0 saturated carbocycles. The summed E-state index contributed by atoms with van der Waals surface area (Å²) < 4.78 is 0.0407. The number of hydrogen-bond donors (Lipinski definition) is 2. The van der Waals surface area contributed by atoms with E-state index in [9.17, 15) is 9.59 Å². The molecule has 1 fully saturated rings. The van der Waals surface area contributed by atoms with Gasteiger partial charge in [0.15, 0.2) is 0 Å². The van der Waals surface area contributed by atoms with Crippen molar-refractivity contribution in [2.24, 2.45) is 0 Å². The Morgan fingerprint density at radius 3 is 2.67 bits per heavy atom. The molecular weight excluding hydrogens is 252 g/mol. The molecule has 0 aromatic heterocycles. The van der Waals surface area contributed by atoms with Gasteiger partial charge >= 0.3 is 12.0 Å². The third-order valence-electron chi connectivity index (χ3n) is 2.89. The molecule has 104 valence electrons. The summed E-state index contributed by atoms with van der Waals surface area (Å²) in [5.74, 6) is -0.0674. The molecule has 1 rings (SSSR count). The molecule has 18 heavy (non-hydrogen) atoms. The Kier molecular flexibility index (Phi) is 5.31. The maximum absolute atomic E-state index is 12.0. The first-order valence-electron chi connectivity index (χ1n) is 6.28. The molecule has 1 saturated heterocycles. The predicted octanol–water partition coefficient (Wildman–Crippen LogP) is 1.78. The lowest BCUT2D eigenvalue weighted by atomic mass is 10.1. The zero-order valence-electron chi connectivity index (χ0n) is 11.2. The average Bonchev–Trinajstić information content (AvgIpc) is 2.26. The van der Waals surface area contributed by atoms with E-state index in [2.05, 4.69) is 19.2 Å². The minimum Gasteiger partial charge on any atom is -0.480 e. The third-order valence-corrected chi connectivity index (χ3v) is 4.18. The first kappa shape index (κ1) is 15.1. The highest BCUT2D eigenvalue weighted by Gasteiger charge is 2.31. The van der Waals surface area contributed by atoms with Crippen molar-refractivity contribution in [2.75, 3.05) is 18.8 Å². The standard InChI is InChI=1S/C12H22N2O3S/c1-4-5-9(10(15)16)13-11(17)14-6-7-18-12(2,3)8-14/h9H,4-8H2,1-3H3,(H,13,17)(H,15,16). The first-order valence-corrected chi connectivity index (χ1v) is 7.26. The number of hydrogen-bond acceptors (Lipinski definition) is 3. The Morgan fingerprint density at radius 2 is 2.17 bits per heavy atom. The van der Waals surface area contributed by atoms with Gasteiger partial charge in [0.05, 0.1) is 0 Å². The van der Waals surface area contributed by atoms with Crippen molar-refractivity contribution in [3.8, 4) is 0 Å². The molecule has 5 nitrogen and oxygen atoms in total. The van der Waals surface area contributed by atoms with Gasteiger partial charge < -0.3 is 15.3 Å². The largest absolute Gasteiger partial charge is 0.480 e. The van der Waals surface area contributed by atoms with Crippen LogP contribution in [-0.4, -0.2) is 51.6 Å². The number of thioether (sulfide) groups is 1. The number of rotatable bonds is 4. The van der Waals surface area contributed by atoms with Crippen LogP contribution in [0.2, 0.25) is 0 Å². The van der Waals surface area contributed by atoms with Gasteiger partial charge in [0.2, 0.25) is 0 Å². The molecule has 0 bridgehead atoms. The number of amides is 2. The number of aliphatic carboxylic acids is 1. The molecule has 1 atom stereocenters. The summed E-state index contributed by atoms with van der Waals surface area (Å²) in [6, 6.07) is -1.04. The highest BCUT2D eigenvalue weighted by atomic mass is 32.2. The highest BCUT2D eigenvalue weighted by Crippen LogP contribution is 2.29. The quantitative estimate of drug-likeness (QED) is 0.820. The van der Waals surface area contributed by atoms with Crippen LogP contribution in [0.4, 0.5) is 4.79 Å². The summed E-state index contributed by atoms with van der Waals surface area (Å²) in [5.41, 5.74) is 0. The number of urea groups is 1. The van der Waals surface area contributed by atoms with Gasteiger partial charge in [-0.25, -0.2) is 9.59 Å². The van der Waals surface area contributed by atoms with Crippen LogP contribution in [-0.2, 0) is 4.79 Å². The molecule has 0 radical (unpaired) electrons. The predicted molar refractivity (Wildman–Crippen MR) is 73.0 cm³/mol. The zero-order valence-corrected chi connectivity index (χ0v) is 12.0. The van der Waals surface area contributed by atoms with Gasteiger partial charge in [0.1, 0.15) is 6.04 Å². The smallest absolute Gasteiger partial charge is 0.326 e. The molecule has 0 spiro atoms. The molecule has 0 aliphatic carbocycles. The van der Waals surface area contributed by atoms with E-state index in [1.165, 1.54) is 0 Å². The summed E-state index contributed by atoms with van der Waals surface area (Å²) in [4.78, 5) is 24.7. The van der Waals surface area contributed by atoms with E-state index in [-0.39, 0.29) is 10.8 Å². The number of nitrogens with zero attached hydrogens (tertiary/aromatic N) is 1. The van der Waals surface area contributed by atoms with E-state index in [1.54, 1.807) is 4.90 Å². The van der Waals surface area contributed by atoms with E-state index in [1.807, 2.05) is 18.7 Å². The topological polar surface area (TPSA) is 69.6 Å². The van der Waals surface area contributed by atoms with E-state index < -0.39 is 12.0 Å². The van der Waals surface area contributed by atoms with E-state index in [0.717, 1.165) is 12.2 Å². The Balaban J connectivity index is 2.55. The molecule has 1 heterocycles. The minimum atomic E-state index is -0.962. The number of nitrogens with one attached hydrogen (secondary N) is 1. The van der Waals surface area contributed by atoms with Crippen molar-refractivity contribution in [1.82, 2.24) is 10.2 Å². The number of carbonyl (C=O) groups excluding carboxylic acids is 1. The summed E-state index contributed by atoms with van der Waals surface area (Å²) in [5, 5.41) is 11.6. The fourth-order valence-corrected chi connectivity index (χ4v) is 3.09. The van der Waals surface area contributed by atoms with E-state index in [0.29, 0.717) is 19.5 Å². The minimum absolute atomic E-state index is 0.0407. The molecule has 2 amide bonds. The Hall–Kier alpha value is -0.910. The fraction of sp³-hybridized carbons (Fsp3) is 0.833. The maximum atomic E-state index is 12.0. The van der Waals surface area contributed by atoms with Crippen LogP contribution in [0.1, 0.15) is 33.6 Å². The lowest BCUT2D eigenvalue weighted by Gasteiger charge is -2.37. The van der Waals surface area contributed by atoms with Gasteiger partial charge in [-0.3, -0.25) is 0 Å². The third kappa shape index (κ3) is 4.40. The van der Waals surface area contributed by atoms with Crippen LogP contribution >= 0.6 is 11.8 Å². The van der Waals surface area contributed by atoms with Gasteiger partial charge in [0, 0.05) is 23.6 Å². The molecule has 2 N–H and O–H groups in total. The maximum Gasteiger partial charge on any atom is 0.326 e. The monoisotopic (exact) mass is 274 g/mol. The molecular formula is C12H22N2O3S. The second kappa shape index (κ2) is 6.31. The Morgan fingerprint density at radius 1 is 1.50 bits per heavy atom. The van der Waals surface area contributed by atoms with Crippen molar-refractivity contribution < 1.29 is 14.7 Å². The SMILES string of the molecule is CCCC(NC(=O)N1CCSC(C)(C)C1)C(=O)O. The van der Waals surface area contributed by atoms with Crippen molar-refractivity contribution in [1.29, 1.82) is 0 Å². The first-order chi connectivity index (χ1) is 8.35. The summed E-state index contributed by atoms with van der Waals surface area (Å²) >= 11 is 1.84. The van der Waals surface area contributed by atoms with Gasteiger partial charge in [0.25, 0.3) is 0 Å². The summed E-state index contributed by atoms with van der Waals surface area (Å²) in [7, 11) is 0. The van der Waals surface area contributed by atoms with Crippen molar-refractivity contribution >= 4 is 23.8 Å². The second-order valence-corrected chi connectivity index (χ2v) is 6.96. The fourth-order valence-electron chi connectivity index (χ4n) is 1.98. The van der Waals surface area contributed by atoms with Crippen LogP contribution in [0.25, 0.3) is 0 Å². The lowest BCUT2D eigenvalue weighted by Crippen LogP contribution is -2.53. The lowest BCUT2D eigenvalue weighted by molar-refractivity contribution is -0.139. The molecule has 0 aromatic rings. The zero-order chi connectivity index (χ0) is 13.8. The average molecular weight is 274 g/mol. The number of carboxylic acids is 1. The van der Waals surface area contributed by atoms with Gasteiger partial charge in [-0.15, -0.1) is 0 Å². The van der Waals surface area contributed by atoms with Crippen LogP contribution < -0.4 is 5.32 Å². The van der Waals surface area contributed by atoms with Crippen LogP contribution in [0.3, 0.4) is 0 Å². The molecule has 1 aliphatic rings. The van der Waals surface area contributed by atoms with Gasteiger partial charge in [-0.1, -0.05) is 13.3 Å². The van der Waals surface area contributed by atoms with Crippen molar-refractivity contribution in [3.05, 3.63) is 0 Å². The van der Waals surface area contributed by atoms with Crippen molar-refractivity contribution in [3.63, 3.8) is 0 Å². The molecule has 0 aromatic carbocycles. The van der Waals surface area contributed by atoms with Crippen molar-refractivity contribution in [2.45, 2.75) is 44.4 Å². The summed E-state index contributed by atoms with van der Waals surface area (Å²) in [6.45, 7) is 7.43. The van der Waals surface area contributed by atoms with Crippen LogP contribution in [0.5, 0.6) is 0 Å². The van der Waals surface area contributed by atoms with Gasteiger partial charge in [-0.2, -0.15) is 11.8 Å². The normalized spacial score (nSPS) is 20.3. The molecule has 1 unspecified atom stereocenters. The second-order valence-electron chi connectivity index (χ2n) is 5.16.